The predicted molar refractivity (Wildman–Crippen MR) is 89.8 cm³/mol. The summed E-state index contributed by atoms with van der Waals surface area (Å²) in [5.74, 6) is 0.994. The first-order valence-corrected chi connectivity index (χ1v) is 8.00. The molecule has 1 heterocycles. The first-order chi connectivity index (χ1) is 9.78. The standard InChI is InChI=1S/C17H22N2S/c1-4-11-19-13-12-18(6-3)17(19)20-14-16-9-7-15(5-2)8-10-16/h5-10,12-13,17H,2-4,11,14H2,1H3. The van der Waals surface area contributed by atoms with Crippen LogP contribution in [0.15, 0.2) is 56.0 Å². The molecule has 0 radical (unpaired) electrons. The van der Waals surface area contributed by atoms with E-state index in [1.165, 1.54) is 11.1 Å². The summed E-state index contributed by atoms with van der Waals surface area (Å²) >= 11 is 1.92. The zero-order valence-electron chi connectivity index (χ0n) is 12.0. The van der Waals surface area contributed by atoms with Crippen LogP contribution in [0.25, 0.3) is 6.08 Å². The molecule has 0 saturated heterocycles. The summed E-state index contributed by atoms with van der Waals surface area (Å²) in [6.07, 6.45) is 9.18. The number of nitrogens with zero attached hydrogens (tertiary/aromatic N) is 2. The van der Waals surface area contributed by atoms with Crippen LogP contribution in [-0.4, -0.2) is 21.8 Å². The lowest BCUT2D eigenvalue weighted by Gasteiger charge is -2.29. The van der Waals surface area contributed by atoms with E-state index < -0.39 is 0 Å². The minimum Gasteiger partial charge on any atom is -0.347 e. The van der Waals surface area contributed by atoms with Crippen LogP contribution < -0.4 is 0 Å². The molecule has 1 aromatic rings. The van der Waals surface area contributed by atoms with Gasteiger partial charge in [0.05, 0.1) is 0 Å². The summed E-state index contributed by atoms with van der Waals surface area (Å²) in [5.41, 5.74) is 2.83. The first-order valence-electron chi connectivity index (χ1n) is 6.95. The predicted octanol–water partition coefficient (Wildman–Crippen LogP) is 4.49. The van der Waals surface area contributed by atoms with Gasteiger partial charge in [-0.1, -0.05) is 50.4 Å². The molecule has 3 heteroatoms. The fourth-order valence-corrected chi connectivity index (χ4v) is 3.41. The van der Waals surface area contributed by atoms with Crippen LogP contribution in [0.4, 0.5) is 0 Å². The maximum atomic E-state index is 3.89. The molecule has 0 amide bonds. The van der Waals surface area contributed by atoms with Crippen LogP contribution >= 0.6 is 11.8 Å². The molecule has 1 aliphatic heterocycles. The Labute approximate surface area is 126 Å². The lowest BCUT2D eigenvalue weighted by atomic mass is 10.1. The quantitative estimate of drug-likeness (QED) is 0.729. The van der Waals surface area contributed by atoms with Gasteiger partial charge in [0.15, 0.2) is 5.50 Å². The average Bonchev–Trinajstić information content (AvgIpc) is 2.88. The van der Waals surface area contributed by atoms with E-state index in [-0.39, 0.29) is 0 Å². The lowest BCUT2D eigenvalue weighted by molar-refractivity contribution is 0.281. The molecule has 1 aromatic carbocycles. The van der Waals surface area contributed by atoms with Crippen molar-refractivity contribution in [2.24, 2.45) is 0 Å². The summed E-state index contributed by atoms with van der Waals surface area (Å²) in [6.45, 7) is 11.0. The molecule has 0 aliphatic carbocycles. The van der Waals surface area contributed by atoms with Crippen molar-refractivity contribution in [2.45, 2.75) is 24.6 Å². The Morgan fingerprint density at radius 1 is 1.20 bits per heavy atom. The monoisotopic (exact) mass is 286 g/mol. The maximum Gasteiger partial charge on any atom is 0.154 e. The number of rotatable bonds is 7. The Morgan fingerprint density at radius 2 is 1.95 bits per heavy atom. The van der Waals surface area contributed by atoms with Crippen LogP contribution in [0, 0.1) is 0 Å². The van der Waals surface area contributed by atoms with Gasteiger partial charge in [-0.2, -0.15) is 0 Å². The Kier molecular flexibility index (Phi) is 5.36. The second-order valence-electron chi connectivity index (χ2n) is 4.75. The molecule has 2 nitrogen and oxygen atoms in total. The summed E-state index contributed by atoms with van der Waals surface area (Å²) in [6, 6.07) is 8.58. The van der Waals surface area contributed by atoms with Crippen molar-refractivity contribution < 1.29 is 0 Å². The van der Waals surface area contributed by atoms with E-state index in [9.17, 15) is 0 Å². The second kappa shape index (κ2) is 7.25. The number of thioether (sulfide) groups is 1. The van der Waals surface area contributed by atoms with E-state index in [4.69, 9.17) is 0 Å². The van der Waals surface area contributed by atoms with Gasteiger partial charge >= 0.3 is 0 Å². The molecule has 2 rings (SSSR count). The van der Waals surface area contributed by atoms with E-state index in [2.05, 4.69) is 66.5 Å². The molecule has 1 unspecified atom stereocenters. The third-order valence-corrected chi connectivity index (χ3v) is 4.59. The zero-order chi connectivity index (χ0) is 14.4. The average molecular weight is 286 g/mol. The minimum atomic E-state index is 0.325. The number of hydrogen-bond donors (Lipinski definition) is 0. The Bertz CT molecular complexity index is 478. The first kappa shape index (κ1) is 14.8. The highest BCUT2D eigenvalue weighted by molar-refractivity contribution is 7.99. The van der Waals surface area contributed by atoms with Gasteiger partial charge in [0, 0.05) is 24.7 Å². The molecule has 106 valence electrons. The van der Waals surface area contributed by atoms with Gasteiger partial charge in [-0.15, -0.1) is 11.8 Å². The van der Waals surface area contributed by atoms with Crippen molar-refractivity contribution in [3.05, 3.63) is 67.2 Å². The molecular formula is C17H22N2S. The van der Waals surface area contributed by atoms with Crippen molar-refractivity contribution >= 4 is 17.8 Å². The van der Waals surface area contributed by atoms with E-state index in [1.54, 1.807) is 0 Å². The molecule has 0 fully saturated rings. The largest absolute Gasteiger partial charge is 0.347 e. The summed E-state index contributed by atoms with van der Waals surface area (Å²) < 4.78 is 0. The van der Waals surface area contributed by atoms with Crippen LogP contribution in [0.1, 0.15) is 24.5 Å². The van der Waals surface area contributed by atoms with Crippen LogP contribution in [0.3, 0.4) is 0 Å². The molecule has 0 bridgehead atoms. The fraction of sp³-hybridized carbons (Fsp3) is 0.294. The third kappa shape index (κ3) is 3.48. The second-order valence-corrected chi connectivity index (χ2v) is 5.79. The van der Waals surface area contributed by atoms with Gasteiger partial charge in [-0.3, -0.25) is 0 Å². The summed E-state index contributed by atoms with van der Waals surface area (Å²) in [5, 5.41) is 0. The molecule has 20 heavy (non-hydrogen) atoms. The van der Waals surface area contributed by atoms with Crippen LogP contribution in [-0.2, 0) is 5.75 Å². The highest BCUT2D eigenvalue weighted by Crippen LogP contribution is 2.29. The molecule has 1 aliphatic rings. The van der Waals surface area contributed by atoms with Crippen molar-refractivity contribution in [3.63, 3.8) is 0 Å². The number of hydrogen-bond acceptors (Lipinski definition) is 3. The SMILES string of the molecule is C=Cc1ccc(CSC2N(C=C)C=CN2CCC)cc1. The fourth-order valence-electron chi connectivity index (χ4n) is 2.18. The zero-order valence-corrected chi connectivity index (χ0v) is 12.9. The van der Waals surface area contributed by atoms with Crippen molar-refractivity contribution in [1.82, 2.24) is 9.80 Å². The molecule has 0 spiro atoms. The third-order valence-electron chi connectivity index (χ3n) is 3.28. The van der Waals surface area contributed by atoms with Crippen molar-refractivity contribution in [3.8, 4) is 0 Å². The summed E-state index contributed by atoms with van der Waals surface area (Å²) in [7, 11) is 0. The summed E-state index contributed by atoms with van der Waals surface area (Å²) in [4.78, 5) is 4.53. The van der Waals surface area contributed by atoms with Gasteiger partial charge in [0.2, 0.25) is 0 Å². The van der Waals surface area contributed by atoms with E-state index in [0.717, 1.165) is 18.7 Å². The maximum absolute atomic E-state index is 3.89. The van der Waals surface area contributed by atoms with E-state index >= 15 is 0 Å². The highest BCUT2D eigenvalue weighted by Gasteiger charge is 2.24. The lowest BCUT2D eigenvalue weighted by Crippen LogP contribution is -2.33. The molecular weight excluding hydrogens is 264 g/mol. The van der Waals surface area contributed by atoms with Gasteiger partial charge in [-0.05, 0) is 23.7 Å². The van der Waals surface area contributed by atoms with E-state index in [1.807, 2.05) is 24.0 Å². The van der Waals surface area contributed by atoms with Gasteiger partial charge in [0.25, 0.3) is 0 Å². The molecule has 0 saturated carbocycles. The van der Waals surface area contributed by atoms with Gasteiger partial charge in [0.1, 0.15) is 0 Å². The van der Waals surface area contributed by atoms with Gasteiger partial charge in [-0.25, -0.2) is 0 Å². The normalized spacial score (nSPS) is 17.6. The van der Waals surface area contributed by atoms with E-state index in [0.29, 0.717) is 5.50 Å². The van der Waals surface area contributed by atoms with Gasteiger partial charge < -0.3 is 9.80 Å². The van der Waals surface area contributed by atoms with Crippen molar-refractivity contribution in [2.75, 3.05) is 6.54 Å². The van der Waals surface area contributed by atoms with Crippen molar-refractivity contribution in [1.29, 1.82) is 0 Å². The highest BCUT2D eigenvalue weighted by atomic mass is 32.2. The molecule has 0 N–H and O–H groups in total. The Morgan fingerprint density at radius 3 is 2.55 bits per heavy atom. The number of benzene rings is 1. The minimum absolute atomic E-state index is 0.325. The molecule has 0 aromatic heterocycles. The van der Waals surface area contributed by atoms with Crippen LogP contribution in [0.5, 0.6) is 0 Å². The van der Waals surface area contributed by atoms with Crippen LogP contribution in [0.2, 0.25) is 0 Å². The Hall–Kier alpha value is -1.61. The molecule has 1 atom stereocenters. The smallest absolute Gasteiger partial charge is 0.154 e. The Balaban J connectivity index is 1.96. The topological polar surface area (TPSA) is 6.48 Å².